The van der Waals surface area contributed by atoms with E-state index in [0.717, 1.165) is 19.4 Å². The van der Waals surface area contributed by atoms with Gasteiger partial charge in [0.15, 0.2) is 0 Å². The number of hydrogen-bond donors (Lipinski definition) is 4. The molecule has 0 saturated heterocycles. The van der Waals surface area contributed by atoms with Crippen LogP contribution in [-0.4, -0.2) is 44.7 Å². The van der Waals surface area contributed by atoms with Crippen molar-refractivity contribution >= 4 is 24.3 Å². The Kier molecular flexibility index (Phi) is 10.3. The third-order valence-electron chi connectivity index (χ3n) is 3.05. The van der Waals surface area contributed by atoms with E-state index in [-0.39, 0.29) is 36.9 Å². The minimum Gasteiger partial charge on any atom is -0.353 e. The molecule has 1 aliphatic rings. The summed E-state index contributed by atoms with van der Waals surface area (Å²) in [5.41, 5.74) is 0. The second kappa shape index (κ2) is 10.9. The van der Waals surface area contributed by atoms with E-state index in [1.807, 2.05) is 7.05 Å². The Morgan fingerprint density at radius 3 is 2.37 bits per heavy atom. The van der Waals surface area contributed by atoms with Crippen molar-refractivity contribution in [3.63, 3.8) is 0 Å². The van der Waals surface area contributed by atoms with Crippen LogP contribution >= 0.6 is 12.4 Å². The highest BCUT2D eigenvalue weighted by Crippen LogP contribution is 2.16. The van der Waals surface area contributed by atoms with Crippen LogP contribution in [-0.2, 0) is 4.79 Å². The molecule has 1 rings (SSSR count). The van der Waals surface area contributed by atoms with E-state index in [4.69, 9.17) is 0 Å². The third kappa shape index (κ3) is 8.67. The summed E-state index contributed by atoms with van der Waals surface area (Å²) in [5, 5.41) is 11.1. The molecule has 0 unspecified atom stereocenters. The minimum absolute atomic E-state index is 0. The normalized spacial score (nSPS) is 15.2. The highest BCUT2D eigenvalue weighted by Gasteiger charge is 2.15. The lowest BCUT2D eigenvalue weighted by molar-refractivity contribution is -0.120. The smallest absolute Gasteiger partial charge is 0.315 e. The van der Waals surface area contributed by atoms with Gasteiger partial charge in [0, 0.05) is 19.1 Å². The third-order valence-corrected chi connectivity index (χ3v) is 3.05. The lowest BCUT2D eigenvalue weighted by Crippen LogP contribution is -2.46. The predicted octanol–water partition coefficient (Wildman–Crippen LogP) is 0.376. The molecule has 0 aromatic heterocycles. The van der Waals surface area contributed by atoms with Gasteiger partial charge in [-0.3, -0.25) is 4.79 Å². The van der Waals surface area contributed by atoms with Gasteiger partial charge in [-0.25, -0.2) is 4.79 Å². The summed E-state index contributed by atoms with van der Waals surface area (Å²) in [4.78, 5) is 22.9. The van der Waals surface area contributed by atoms with Gasteiger partial charge in [-0.1, -0.05) is 19.3 Å². The summed E-state index contributed by atoms with van der Waals surface area (Å²) in [6, 6.07) is 0.0248. The molecule has 0 spiro atoms. The number of carbonyl (C=O) groups excluding carboxylic acids is 2. The summed E-state index contributed by atoms with van der Waals surface area (Å²) in [6.07, 6.45) is 5.70. The Morgan fingerprint density at radius 2 is 1.74 bits per heavy atom. The molecule has 0 bridgehead atoms. The van der Waals surface area contributed by atoms with Gasteiger partial charge in [-0.2, -0.15) is 0 Å². The number of nitrogens with one attached hydrogen (secondary N) is 4. The van der Waals surface area contributed by atoms with Gasteiger partial charge in [-0.05, 0) is 19.9 Å². The second-order valence-electron chi connectivity index (χ2n) is 4.62. The Hall–Kier alpha value is -1.01. The maximum atomic E-state index is 11.5. The fourth-order valence-corrected chi connectivity index (χ4v) is 2.03. The maximum Gasteiger partial charge on any atom is 0.315 e. The van der Waals surface area contributed by atoms with Crippen molar-refractivity contribution in [1.82, 2.24) is 21.3 Å². The standard InChI is InChI=1S/C12H24N4O2.ClH/c1-13-7-8-14-11(17)9-15-12(18)16-10-5-3-2-4-6-10;/h10,13H,2-9H2,1H3,(H,14,17)(H2,15,16,18);1H. The molecular weight excluding hydrogens is 268 g/mol. The van der Waals surface area contributed by atoms with Crippen molar-refractivity contribution in [2.75, 3.05) is 26.7 Å². The van der Waals surface area contributed by atoms with E-state index in [1.54, 1.807) is 0 Å². The molecule has 0 radical (unpaired) electrons. The van der Waals surface area contributed by atoms with Crippen molar-refractivity contribution < 1.29 is 9.59 Å². The molecule has 6 nitrogen and oxygen atoms in total. The molecule has 7 heteroatoms. The number of carbonyl (C=O) groups is 2. The summed E-state index contributed by atoms with van der Waals surface area (Å²) in [5.74, 6) is -0.163. The molecule has 1 fully saturated rings. The molecule has 4 N–H and O–H groups in total. The summed E-state index contributed by atoms with van der Waals surface area (Å²) in [7, 11) is 1.82. The van der Waals surface area contributed by atoms with Crippen molar-refractivity contribution in [2.24, 2.45) is 0 Å². The van der Waals surface area contributed by atoms with E-state index in [1.165, 1.54) is 19.3 Å². The van der Waals surface area contributed by atoms with Gasteiger partial charge in [0.2, 0.25) is 5.91 Å². The van der Waals surface area contributed by atoms with Crippen molar-refractivity contribution in [2.45, 2.75) is 38.1 Å². The molecule has 1 aliphatic carbocycles. The van der Waals surface area contributed by atoms with Crippen LogP contribution in [0.15, 0.2) is 0 Å². The number of hydrogen-bond acceptors (Lipinski definition) is 3. The first kappa shape index (κ1) is 18.0. The number of halogens is 1. The highest BCUT2D eigenvalue weighted by molar-refractivity contribution is 5.85. The number of rotatable bonds is 6. The van der Waals surface area contributed by atoms with E-state index in [0.29, 0.717) is 6.54 Å². The highest BCUT2D eigenvalue weighted by atomic mass is 35.5. The lowest BCUT2D eigenvalue weighted by Gasteiger charge is -2.22. The monoisotopic (exact) mass is 292 g/mol. The average molecular weight is 293 g/mol. The summed E-state index contributed by atoms with van der Waals surface area (Å²) < 4.78 is 0. The fourth-order valence-electron chi connectivity index (χ4n) is 2.03. The topological polar surface area (TPSA) is 82.3 Å². The minimum atomic E-state index is -0.245. The first-order valence-electron chi connectivity index (χ1n) is 6.68. The van der Waals surface area contributed by atoms with Crippen molar-refractivity contribution in [3.05, 3.63) is 0 Å². The van der Waals surface area contributed by atoms with Crippen LogP contribution in [0, 0.1) is 0 Å². The first-order chi connectivity index (χ1) is 8.72. The molecule has 0 aromatic carbocycles. The van der Waals surface area contributed by atoms with E-state index < -0.39 is 0 Å². The van der Waals surface area contributed by atoms with Crippen LogP contribution in [0.25, 0.3) is 0 Å². The number of urea groups is 1. The zero-order chi connectivity index (χ0) is 13.2. The molecule has 3 amide bonds. The van der Waals surface area contributed by atoms with Gasteiger partial charge < -0.3 is 21.3 Å². The maximum absolute atomic E-state index is 11.5. The van der Waals surface area contributed by atoms with Crippen molar-refractivity contribution in [1.29, 1.82) is 0 Å². The van der Waals surface area contributed by atoms with Crippen LogP contribution < -0.4 is 21.3 Å². The zero-order valence-corrected chi connectivity index (χ0v) is 12.3. The summed E-state index contributed by atoms with van der Waals surface area (Å²) in [6.45, 7) is 1.32. The summed E-state index contributed by atoms with van der Waals surface area (Å²) >= 11 is 0. The molecule has 0 aromatic rings. The van der Waals surface area contributed by atoms with Gasteiger partial charge in [0.1, 0.15) is 0 Å². The van der Waals surface area contributed by atoms with Crippen LogP contribution in [0.4, 0.5) is 4.79 Å². The molecular formula is C12H25ClN4O2. The van der Waals surface area contributed by atoms with Crippen molar-refractivity contribution in [3.8, 4) is 0 Å². The van der Waals surface area contributed by atoms with E-state index in [2.05, 4.69) is 21.3 Å². The molecule has 0 atom stereocenters. The molecule has 112 valence electrons. The number of likely N-dealkylation sites (N-methyl/N-ethyl adjacent to an activating group) is 1. The van der Waals surface area contributed by atoms with Gasteiger partial charge in [-0.15, -0.1) is 12.4 Å². The van der Waals surface area contributed by atoms with Crippen LogP contribution in [0.2, 0.25) is 0 Å². The molecule has 0 heterocycles. The largest absolute Gasteiger partial charge is 0.353 e. The lowest BCUT2D eigenvalue weighted by atomic mass is 9.96. The predicted molar refractivity (Wildman–Crippen MR) is 77.6 cm³/mol. The zero-order valence-electron chi connectivity index (χ0n) is 11.5. The second-order valence-corrected chi connectivity index (χ2v) is 4.62. The Labute approximate surface area is 120 Å². The molecule has 1 saturated carbocycles. The van der Waals surface area contributed by atoms with E-state index in [9.17, 15) is 9.59 Å². The van der Waals surface area contributed by atoms with Crippen LogP contribution in [0.3, 0.4) is 0 Å². The Bertz CT molecular complexity index is 270. The fraction of sp³-hybridized carbons (Fsp3) is 0.833. The Balaban J connectivity index is 0.00000324. The molecule has 0 aliphatic heterocycles. The quantitative estimate of drug-likeness (QED) is 0.534. The Morgan fingerprint density at radius 1 is 1.05 bits per heavy atom. The SMILES string of the molecule is CNCCNC(=O)CNC(=O)NC1CCCCC1.Cl. The first-order valence-corrected chi connectivity index (χ1v) is 6.68. The van der Waals surface area contributed by atoms with Gasteiger partial charge >= 0.3 is 6.03 Å². The van der Waals surface area contributed by atoms with Crippen LogP contribution in [0.5, 0.6) is 0 Å². The van der Waals surface area contributed by atoms with Gasteiger partial charge in [0.25, 0.3) is 0 Å². The average Bonchev–Trinajstić information content (AvgIpc) is 2.38. The van der Waals surface area contributed by atoms with Gasteiger partial charge in [0.05, 0.1) is 6.54 Å². The van der Waals surface area contributed by atoms with Crippen LogP contribution in [0.1, 0.15) is 32.1 Å². The van der Waals surface area contributed by atoms with E-state index >= 15 is 0 Å². The number of amides is 3. The molecule has 19 heavy (non-hydrogen) atoms.